The second kappa shape index (κ2) is 8.00. The molecule has 1 N–H and O–H groups in total. The number of halogens is 2. The van der Waals surface area contributed by atoms with E-state index < -0.39 is 0 Å². The van der Waals surface area contributed by atoms with Crippen LogP contribution in [0.5, 0.6) is 0 Å². The molecule has 6 nitrogen and oxygen atoms in total. The van der Waals surface area contributed by atoms with E-state index in [1.165, 1.54) is 6.07 Å². The van der Waals surface area contributed by atoms with Crippen molar-refractivity contribution in [2.75, 3.05) is 5.32 Å². The Kier molecular flexibility index (Phi) is 5.26. The third-order valence-electron chi connectivity index (χ3n) is 4.30. The lowest BCUT2D eigenvalue weighted by Gasteiger charge is -2.08. The first-order chi connectivity index (χ1) is 14.0. The number of aromatic nitrogens is 3. The summed E-state index contributed by atoms with van der Waals surface area (Å²) < 4.78 is 20.8. The van der Waals surface area contributed by atoms with Crippen molar-refractivity contribution in [3.63, 3.8) is 0 Å². The lowest BCUT2D eigenvalue weighted by atomic mass is 10.2. The molecule has 0 saturated carbocycles. The Hall–Kier alpha value is -3.26. The molecule has 4 rings (SSSR count). The predicted molar refractivity (Wildman–Crippen MR) is 111 cm³/mol. The molecular formula is C21H16BrFN4O2. The molecule has 4 aromatic rings. The Labute approximate surface area is 174 Å². The van der Waals surface area contributed by atoms with Crippen molar-refractivity contribution >= 4 is 27.5 Å². The van der Waals surface area contributed by atoms with Crippen molar-refractivity contribution < 1.29 is 13.7 Å². The topological polar surface area (TPSA) is 73.0 Å². The number of benzene rings is 2. The molecule has 0 radical (unpaired) electrons. The number of anilines is 1. The molecule has 0 fully saturated rings. The maximum atomic E-state index is 13.4. The van der Waals surface area contributed by atoms with Gasteiger partial charge in [-0.2, -0.15) is 4.98 Å². The number of rotatable bonds is 5. The summed E-state index contributed by atoms with van der Waals surface area (Å²) in [6, 6.07) is 15.6. The first kappa shape index (κ1) is 19.1. The Bertz CT molecular complexity index is 1170. The fraction of sp³-hybridized carbons (Fsp3) is 0.0952. The van der Waals surface area contributed by atoms with Gasteiger partial charge in [0, 0.05) is 17.4 Å². The van der Waals surface area contributed by atoms with Gasteiger partial charge in [0.2, 0.25) is 11.7 Å². The molecule has 2 aromatic heterocycles. The standard InChI is InChI=1S/C21H16BrFN4O2/c1-13-4-7-15(8-5-13)24-19(28)12-27-10-2-3-18(27)21-25-20(26-29-21)14-6-9-17(23)16(22)11-14/h2-11H,12H2,1H3,(H,24,28). The SMILES string of the molecule is Cc1ccc(NC(=O)Cn2cccc2-c2nc(-c3ccc(F)c(Br)c3)no2)cc1. The molecule has 1 amide bonds. The monoisotopic (exact) mass is 454 g/mol. The summed E-state index contributed by atoms with van der Waals surface area (Å²) in [6.45, 7) is 2.08. The van der Waals surface area contributed by atoms with Gasteiger partial charge in [-0.05, 0) is 65.3 Å². The van der Waals surface area contributed by atoms with E-state index in [0.29, 0.717) is 21.6 Å². The smallest absolute Gasteiger partial charge is 0.274 e. The third kappa shape index (κ3) is 4.27. The molecule has 0 aliphatic carbocycles. The van der Waals surface area contributed by atoms with Crippen LogP contribution in [0.25, 0.3) is 23.0 Å². The van der Waals surface area contributed by atoms with Gasteiger partial charge in [-0.15, -0.1) is 0 Å². The van der Waals surface area contributed by atoms with Gasteiger partial charge in [0.1, 0.15) is 18.1 Å². The molecule has 29 heavy (non-hydrogen) atoms. The Morgan fingerprint density at radius 2 is 2.00 bits per heavy atom. The zero-order valence-corrected chi connectivity index (χ0v) is 17.0. The van der Waals surface area contributed by atoms with Gasteiger partial charge < -0.3 is 14.4 Å². The van der Waals surface area contributed by atoms with Crippen molar-refractivity contribution in [3.8, 4) is 23.0 Å². The van der Waals surface area contributed by atoms with Gasteiger partial charge in [0.05, 0.1) is 4.47 Å². The number of carbonyl (C=O) groups excluding carboxylic acids is 1. The van der Waals surface area contributed by atoms with E-state index >= 15 is 0 Å². The van der Waals surface area contributed by atoms with E-state index in [2.05, 4.69) is 31.4 Å². The molecule has 146 valence electrons. The van der Waals surface area contributed by atoms with Crippen LogP contribution >= 0.6 is 15.9 Å². The van der Waals surface area contributed by atoms with Gasteiger partial charge >= 0.3 is 0 Å². The highest BCUT2D eigenvalue weighted by atomic mass is 79.9. The van der Waals surface area contributed by atoms with E-state index in [1.807, 2.05) is 31.2 Å². The molecule has 0 bridgehead atoms. The van der Waals surface area contributed by atoms with Crippen molar-refractivity contribution in [1.82, 2.24) is 14.7 Å². The molecule has 2 aromatic carbocycles. The van der Waals surface area contributed by atoms with Crippen LogP contribution in [0.2, 0.25) is 0 Å². The number of nitrogens with zero attached hydrogens (tertiary/aromatic N) is 3. The first-order valence-corrected chi connectivity index (χ1v) is 9.60. The van der Waals surface area contributed by atoms with Crippen molar-refractivity contribution in [2.45, 2.75) is 13.5 Å². The van der Waals surface area contributed by atoms with Gasteiger partial charge in [-0.1, -0.05) is 22.9 Å². The lowest BCUT2D eigenvalue weighted by Crippen LogP contribution is -2.18. The fourth-order valence-corrected chi connectivity index (χ4v) is 3.20. The van der Waals surface area contributed by atoms with Gasteiger partial charge in [-0.3, -0.25) is 4.79 Å². The second-order valence-corrected chi connectivity index (χ2v) is 7.34. The maximum Gasteiger partial charge on any atom is 0.274 e. The molecule has 0 saturated heterocycles. The summed E-state index contributed by atoms with van der Waals surface area (Å²) in [5.74, 6) is 0.0607. The highest BCUT2D eigenvalue weighted by Gasteiger charge is 2.16. The number of amides is 1. The molecule has 0 aliphatic rings. The predicted octanol–water partition coefficient (Wildman–Crippen LogP) is 5.05. The zero-order valence-electron chi connectivity index (χ0n) is 15.4. The number of nitrogens with one attached hydrogen (secondary N) is 1. The Balaban J connectivity index is 1.52. The van der Waals surface area contributed by atoms with Crippen LogP contribution in [-0.2, 0) is 11.3 Å². The molecule has 0 spiro atoms. The Morgan fingerprint density at radius 1 is 1.21 bits per heavy atom. The fourth-order valence-electron chi connectivity index (χ4n) is 2.82. The van der Waals surface area contributed by atoms with Crippen molar-refractivity contribution in [3.05, 3.63) is 76.6 Å². The number of aryl methyl sites for hydroxylation is 1. The van der Waals surface area contributed by atoms with Crippen LogP contribution in [-0.4, -0.2) is 20.6 Å². The number of carbonyl (C=O) groups is 1. The van der Waals surface area contributed by atoms with Gasteiger partial charge in [-0.25, -0.2) is 4.39 Å². The quantitative estimate of drug-likeness (QED) is 0.457. The number of hydrogen-bond acceptors (Lipinski definition) is 4. The average molecular weight is 455 g/mol. The van der Waals surface area contributed by atoms with E-state index in [0.717, 1.165) is 11.3 Å². The Morgan fingerprint density at radius 3 is 2.76 bits per heavy atom. The molecular weight excluding hydrogens is 439 g/mol. The zero-order chi connectivity index (χ0) is 20.4. The average Bonchev–Trinajstić information content (AvgIpc) is 3.35. The van der Waals surface area contributed by atoms with Crippen LogP contribution in [0.15, 0.2) is 69.8 Å². The highest BCUT2D eigenvalue weighted by Crippen LogP contribution is 2.26. The molecule has 0 aliphatic heterocycles. The summed E-state index contributed by atoms with van der Waals surface area (Å²) >= 11 is 3.15. The van der Waals surface area contributed by atoms with E-state index in [-0.39, 0.29) is 24.2 Å². The summed E-state index contributed by atoms with van der Waals surface area (Å²) in [5, 5.41) is 6.83. The van der Waals surface area contributed by atoms with Crippen molar-refractivity contribution in [2.24, 2.45) is 0 Å². The summed E-state index contributed by atoms with van der Waals surface area (Å²) in [6.07, 6.45) is 1.77. The minimum Gasteiger partial charge on any atom is -0.334 e. The van der Waals surface area contributed by atoms with Crippen LogP contribution < -0.4 is 5.32 Å². The molecule has 2 heterocycles. The molecule has 0 unspecified atom stereocenters. The van der Waals surface area contributed by atoms with Crippen LogP contribution in [0.1, 0.15) is 5.56 Å². The highest BCUT2D eigenvalue weighted by molar-refractivity contribution is 9.10. The minimum atomic E-state index is -0.370. The van der Waals surface area contributed by atoms with Crippen molar-refractivity contribution in [1.29, 1.82) is 0 Å². The molecule has 8 heteroatoms. The van der Waals surface area contributed by atoms with Gasteiger partial charge in [0.25, 0.3) is 5.89 Å². The summed E-state index contributed by atoms with van der Waals surface area (Å²) in [4.78, 5) is 16.8. The van der Waals surface area contributed by atoms with Crippen LogP contribution in [0.3, 0.4) is 0 Å². The van der Waals surface area contributed by atoms with Crippen LogP contribution in [0.4, 0.5) is 10.1 Å². The van der Waals surface area contributed by atoms with E-state index in [9.17, 15) is 9.18 Å². The van der Waals surface area contributed by atoms with E-state index in [1.54, 1.807) is 35.0 Å². The third-order valence-corrected chi connectivity index (χ3v) is 4.91. The summed E-state index contributed by atoms with van der Waals surface area (Å²) in [5.41, 5.74) is 3.08. The lowest BCUT2D eigenvalue weighted by molar-refractivity contribution is -0.116. The largest absolute Gasteiger partial charge is 0.334 e. The van der Waals surface area contributed by atoms with Crippen LogP contribution in [0, 0.1) is 12.7 Å². The molecule has 0 atom stereocenters. The normalized spacial score (nSPS) is 10.9. The summed E-state index contributed by atoms with van der Waals surface area (Å²) in [7, 11) is 0. The maximum absolute atomic E-state index is 13.4. The second-order valence-electron chi connectivity index (χ2n) is 6.49. The van der Waals surface area contributed by atoms with E-state index in [4.69, 9.17) is 4.52 Å². The van der Waals surface area contributed by atoms with Gasteiger partial charge in [0.15, 0.2) is 0 Å². The number of hydrogen-bond donors (Lipinski definition) is 1. The first-order valence-electron chi connectivity index (χ1n) is 8.81. The minimum absolute atomic E-state index is 0.0933.